The van der Waals surface area contributed by atoms with Crippen molar-refractivity contribution in [2.24, 2.45) is 0 Å². The van der Waals surface area contributed by atoms with Gasteiger partial charge in [-0.05, 0) is 38.5 Å². The van der Waals surface area contributed by atoms with E-state index in [1.54, 1.807) is 0 Å². The van der Waals surface area contributed by atoms with Crippen LogP contribution in [-0.4, -0.2) is 36.4 Å². The lowest BCUT2D eigenvalue weighted by Gasteiger charge is -2.15. The van der Waals surface area contributed by atoms with Gasteiger partial charge in [-0.3, -0.25) is 9.59 Å². The molecule has 0 aromatic carbocycles. The highest BCUT2D eigenvalue weighted by atomic mass is 16.6. The third-order valence-corrected chi connectivity index (χ3v) is 11.8. The number of carbonyl (C=O) groups is 2. The number of aliphatic hydroxyl groups excluding tert-OH is 1. The topological polar surface area (TPSA) is 72.8 Å². The fourth-order valence-corrected chi connectivity index (χ4v) is 7.91. The van der Waals surface area contributed by atoms with Gasteiger partial charge in [0.25, 0.3) is 0 Å². The summed E-state index contributed by atoms with van der Waals surface area (Å²) >= 11 is 0. The monoisotopic (exact) mass is 805 g/mol. The highest BCUT2D eigenvalue weighted by Crippen LogP contribution is 2.17. The Labute approximate surface area is 356 Å². The first-order chi connectivity index (χ1) is 28.1. The smallest absolute Gasteiger partial charge is 0.306 e. The van der Waals surface area contributed by atoms with Crippen molar-refractivity contribution in [3.8, 4) is 0 Å². The van der Waals surface area contributed by atoms with Crippen LogP contribution in [0.25, 0.3) is 0 Å². The average Bonchev–Trinajstić information content (AvgIpc) is 3.21. The molecule has 5 heteroatoms. The zero-order chi connectivity index (χ0) is 41.4. The molecule has 0 amide bonds. The fourth-order valence-electron chi connectivity index (χ4n) is 7.91. The zero-order valence-corrected chi connectivity index (χ0v) is 38.6. The summed E-state index contributed by atoms with van der Waals surface area (Å²) in [4.78, 5) is 24.4. The van der Waals surface area contributed by atoms with Crippen LogP contribution in [-0.2, 0) is 19.1 Å². The molecular formula is C52H100O5. The van der Waals surface area contributed by atoms with Gasteiger partial charge in [0, 0.05) is 12.8 Å². The minimum Gasteiger partial charge on any atom is -0.462 e. The number of unbranched alkanes of at least 4 members (excludes halogenated alkanes) is 38. The average molecular weight is 805 g/mol. The standard InChI is InChI=1S/C52H100O5/c1-3-5-7-9-11-13-15-17-19-20-21-22-23-24-25-26-27-28-29-30-31-33-34-36-38-40-42-44-46-51(54)56-49-50(48-53)57-52(55)47-45-43-41-39-37-35-32-18-16-14-12-10-8-6-4-2/h18,32,50,53H,3-17,19-31,33-49H2,1-2H3/b32-18-. The normalized spacial score (nSPS) is 12.1. The minimum absolute atomic E-state index is 0.0625. The van der Waals surface area contributed by atoms with Crippen molar-refractivity contribution in [2.45, 2.75) is 296 Å². The lowest BCUT2D eigenvalue weighted by Crippen LogP contribution is -2.28. The van der Waals surface area contributed by atoms with E-state index in [1.807, 2.05) is 0 Å². The third-order valence-electron chi connectivity index (χ3n) is 11.8. The number of aliphatic hydroxyl groups is 1. The van der Waals surface area contributed by atoms with Crippen molar-refractivity contribution in [3.05, 3.63) is 12.2 Å². The van der Waals surface area contributed by atoms with E-state index in [2.05, 4.69) is 26.0 Å². The Bertz CT molecular complexity index is 825. The van der Waals surface area contributed by atoms with Crippen molar-refractivity contribution in [1.82, 2.24) is 0 Å². The van der Waals surface area contributed by atoms with Gasteiger partial charge in [0.15, 0.2) is 6.10 Å². The van der Waals surface area contributed by atoms with Crippen molar-refractivity contribution in [2.75, 3.05) is 13.2 Å². The Morgan fingerprint density at radius 3 is 0.947 bits per heavy atom. The Hall–Kier alpha value is -1.36. The van der Waals surface area contributed by atoms with Gasteiger partial charge < -0.3 is 14.6 Å². The molecule has 0 aromatic heterocycles. The molecule has 0 fully saturated rings. The second-order valence-electron chi connectivity index (χ2n) is 17.6. The van der Waals surface area contributed by atoms with Gasteiger partial charge in [-0.15, -0.1) is 0 Å². The number of rotatable bonds is 48. The van der Waals surface area contributed by atoms with Crippen LogP contribution in [0.2, 0.25) is 0 Å². The lowest BCUT2D eigenvalue weighted by atomic mass is 10.0. The Morgan fingerprint density at radius 1 is 0.386 bits per heavy atom. The second kappa shape index (κ2) is 49.0. The predicted molar refractivity (Wildman–Crippen MR) is 247 cm³/mol. The number of allylic oxidation sites excluding steroid dienone is 2. The molecule has 0 rings (SSSR count). The molecule has 0 bridgehead atoms. The van der Waals surface area contributed by atoms with E-state index >= 15 is 0 Å². The quantitative estimate of drug-likeness (QED) is 0.0377. The van der Waals surface area contributed by atoms with Crippen molar-refractivity contribution >= 4 is 11.9 Å². The molecule has 0 aliphatic heterocycles. The summed E-state index contributed by atoms with van der Waals surface area (Å²) in [6.07, 6.45) is 58.9. The zero-order valence-electron chi connectivity index (χ0n) is 38.6. The summed E-state index contributed by atoms with van der Waals surface area (Å²) in [5.74, 6) is -0.583. The minimum atomic E-state index is -0.770. The van der Waals surface area contributed by atoms with Gasteiger partial charge in [-0.2, -0.15) is 0 Å². The third kappa shape index (κ3) is 47.2. The number of carbonyl (C=O) groups excluding carboxylic acids is 2. The van der Waals surface area contributed by atoms with Crippen LogP contribution >= 0.6 is 0 Å². The molecule has 5 nitrogen and oxygen atoms in total. The first-order valence-electron chi connectivity index (χ1n) is 25.7. The van der Waals surface area contributed by atoms with Crippen LogP contribution in [0.3, 0.4) is 0 Å². The molecular weight excluding hydrogens is 705 g/mol. The molecule has 0 saturated heterocycles. The molecule has 1 unspecified atom stereocenters. The van der Waals surface area contributed by atoms with Crippen molar-refractivity contribution < 1.29 is 24.2 Å². The first kappa shape index (κ1) is 55.6. The molecule has 0 saturated carbocycles. The highest BCUT2D eigenvalue weighted by molar-refractivity contribution is 5.70. The summed E-state index contributed by atoms with van der Waals surface area (Å²) in [6, 6.07) is 0. The largest absolute Gasteiger partial charge is 0.462 e. The fraction of sp³-hybridized carbons (Fsp3) is 0.923. The molecule has 1 N–H and O–H groups in total. The maximum absolute atomic E-state index is 12.2. The van der Waals surface area contributed by atoms with E-state index in [0.717, 1.165) is 38.5 Å². The molecule has 0 aromatic rings. The van der Waals surface area contributed by atoms with Crippen LogP contribution < -0.4 is 0 Å². The molecule has 0 aliphatic rings. The summed E-state index contributed by atoms with van der Waals surface area (Å²) in [5, 5.41) is 9.60. The molecule has 0 aliphatic carbocycles. The maximum Gasteiger partial charge on any atom is 0.306 e. The van der Waals surface area contributed by atoms with Gasteiger partial charge in [-0.25, -0.2) is 0 Å². The van der Waals surface area contributed by atoms with Gasteiger partial charge in [-0.1, -0.05) is 251 Å². The van der Waals surface area contributed by atoms with Gasteiger partial charge >= 0.3 is 11.9 Å². The summed E-state index contributed by atoms with van der Waals surface area (Å²) in [5.41, 5.74) is 0. The van der Waals surface area contributed by atoms with Crippen LogP contribution in [0.1, 0.15) is 290 Å². The van der Waals surface area contributed by atoms with Crippen molar-refractivity contribution in [3.63, 3.8) is 0 Å². The Balaban J connectivity index is 3.40. The van der Waals surface area contributed by atoms with E-state index in [-0.39, 0.29) is 25.2 Å². The van der Waals surface area contributed by atoms with E-state index in [0.29, 0.717) is 12.8 Å². The molecule has 57 heavy (non-hydrogen) atoms. The molecule has 0 radical (unpaired) electrons. The maximum atomic E-state index is 12.2. The molecule has 0 heterocycles. The first-order valence-corrected chi connectivity index (χ1v) is 25.7. The second-order valence-corrected chi connectivity index (χ2v) is 17.6. The number of ether oxygens (including phenoxy) is 2. The molecule has 338 valence electrons. The summed E-state index contributed by atoms with van der Waals surface area (Å²) in [7, 11) is 0. The van der Waals surface area contributed by atoms with Gasteiger partial charge in [0.05, 0.1) is 6.61 Å². The summed E-state index contributed by atoms with van der Waals surface area (Å²) in [6.45, 7) is 4.17. The van der Waals surface area contributed by atoms with Gasteiger partial charge in [0.2, 0.25) is 0 Å². The highest BCUT2D eigenvalue weighted by Gasteiger charge is 2.16. The molecule has 0 spiro atoms. The van der Waals surface area contributed by atoms with E-state index in [1.165, 1.54) is 225 Å². The predicted octanol–water partition coefficient (Wildman–Crippen LogP) is 16.8. The van der Waals surface area contributed by atoms with Crippen LogP contribution in [0, 0.1) is 0 Å². The van der Waals surface area contributed by atoms with E-state index < -0.39 is 6.10 Å². The van der Waals surface area contributed by atoms with Crippen LogP contribution in [0.4, 0.5) is 0 Å². The van der Waals surface area contributed by atoms with E-state index in [4.69, 9.17) is 9.47 Å². The van der Waals surface area contributed by atoms with Gasteiger partial charge in [0.1, 0.15) is 6.61 Å². The van der Waals surface area contributed by atoms with Crippen LogP contribution in [0.5, 0.6) is 0 Å². The summed E-state index contributed by atoms with van der Waals surface area (Å²) < 4.78 is 10.7. The number of hydrogen-bond acceptors (Lipinski definition) is 5. The van der Waals surface area contributed by atoms with E-state index in [9.17, 15) is 14.7 Å². The number of esters is 2. The lowest BCUT2D eigenvalue weighted by molar-refractivity contribution is -0.161. The SMILES string of the molecule is CCCCCCCC/C=C\CCCCCCCC(=O)OC(CO)COC(=O)CCCCCCCCCCCCCCCCCCCCCCCCCCCCCC. The van der Waals surface area contributed by atoms with Crippen molar-refractivity contribution in [1.29, 1.82) is 0 Å². The van der Waals surface area contributed by atoms with Crippen LogP contribution in [0.15, 0.2) is 12.2 Å². The molecule has 1 atom stereocenters. The Morgan fingerprint density at radius 2 is 0.649 bits per heavy atom. The number of hydrogen-bond donors (Lipinski definition) is 1. The Kier molecular flexibility index (Phi) is 47.8.